The Morgan fingerprint density at radius 1 is 1.22 bits per heavy atom. The van der Waals surface area contributed by atoms with Gasteiger partial charge < -0.3 is 10.1 Å². The number of alkyl halides is 3. The van der Waals surface area contributed by atoms with Crippen LogP contribution in [0.4, 0.5) is 18.9 Å². The van der Waals surface area contributed by atoms with E-state index in [0.717, 1.165) is 22.9 Å². The van der Waals surface area contributed by atoms with Crippen molar-refractivity contribution in [1.82, 2.24) is 0 Å². The molecule has 0 bridgehead atoms. The van der Waals surface area contributed by atoms with Gasteiger partial charge in [-0.25, -0.2) is 0 Å². The topological polar surface area (TPSA) is 38.3 Å². The van der Waals surface area contributed by atoms with E-state index in [9.17, 15) is 18.0 Å². The Morgan fingerprint density at radius 2 is 1.96 bits per heavy atom. The second kappa shape index (κ2) is 7.86. The molecule has 0 aromatic heterocycles. The van der Waals surface area contributed by atoms with E-state index in [-0.39, 0.29) is 12.4 Å². The van der Waals surface area contributed by atoms with Gasteiger partial charge in [0.15, 0.2) is 0 Å². The molecule has 0 saturated heterocycles. The monoisotopic (exact) mass is 413 g/mol. The molecular weight excluding hydrogens is 399 g/mol. The Labute approximate surface area is 163 Å². The quantitative estimate of drug-likeness (QED) is 0.692. The fraction of sp³-hybridized carbons (Fsp3) is 0.211. The minimum atomic E-state index is -4.72. The van der Waals surface area contributed by atoms with Gasteiger partial charge in [-0.05, 0) is 30.2 Å². The third kappa shape index (κ3) is 4.42. The number of allylic oxidation sites excluding steroid dienone is 1. The predicted octanol–water partition coefficient (Wildman–Crippen LogP) is 5.79. The molecule has 2 aromatic rings. The summed E-state index contributed by atoms with van der Waals surface area (Å²) in [6.07, 6.45) is -4.72. The Bertz CT molecular complexity index is 912. The van der Waals surface area contributed by atoms with Gasteiger partial charge in [0.1, 0.15) is 4.91 Å². The van der Waals surface area contributed by atoms with Gasteiger partial charge in [-0.3, -0.25) is 4.79 Å². The Hall–Kier alpha value is -2.12. The highest BCUT2D eigenvalue weighted by Gasteiger charge is 2.42. The highest BCUT2D eigenvalue weighted by atomic mass is 35.5. The molecule has 0 aliphatic carbocycles. The normalized spacial score (nSPS) is 14.7. The number of aryl methyl sites for hydroxylation is 1. The SMILES string of the molecule is Cc1ccc(-c2ccccc2NC(=O)C2=C(C(F)(F)F)OCCS2)cc1Cl. The van der Waals surface area contributed by atoms with Crippen LogP contribution in [-0.4, -0.2) is 24.4 Å². The predicted molar refractivity (Wildman–Crippen MR) is 102 cm³/mol. The molecule has 8 heteroatoms. The van der Waals surface area contributed by atoms with Crippen LogP contribution in [0.3, 0.4) is 0 Å². The summed E-state index contributed by atoms with van der Waals surface area (Å²) in [6.45, 7) is 1.78. The van der Waals surface area contributed by atoms with Crippen molar-refractivity contribution >= 4 is 35.0 Å². The maximum atomic E-state index is 13.1. The van der Waals surface area contributed by atoms with Crippen LogP contribution in [0.1, 0.15) is 5.56 Å². The first-order chi connectivity index (χ1) is 12.8. The first-order valence-electron chi connectivity index (χ1n) is 8.01. The van der Waals surface area contributed by atoms with Crippen molar-refractivity contribution < 1.29 is 22.7 Å². The number of amides is 1. The summed E-state index contributed by atoms with van der Waals surface area (Å²) < 4.78 is 44.1. The van der Waals surface area contributed by atoms with Crippen molar-refractivity contribution in [3.8, 4) is 11.1 Å². The van der Waals surface area contributed by atoms with E-state index in [1.165, 1.54) is 0 Å². The number of carbonyl (C=O) groups is 1. The Balaban J connectivity index is 1.95. The zero-order valence-electron chi connectivity index (χ0n) is 14.2. The van der Waals surface area contributed by atoms with Crippen LogP contribution >= 0.6 is 23.4 Å². The van der Waals surface area contributed by atoms with Crippen LogP contribution in [0.25, 0.3) is 11.1 Å². The molecule has 1 aliphatic rings. The molecule has 0 saturated carbocycles. The number of anilines is 1. The van der Waals surface area contributed by atoms with Gasteiger partial charge in [0.05, 0.1) is 6.61 Å². The first kappa shape index (κ1) is 19.6. The number of halogens is 4. The lowest BCUT2D eigenvalue weighted by Gasteiger charge is -2.22. The summed E-state index contributed by atoms with van der Waals surface area (Å²) in [5, 5.41) is 3.14. The summed E-state index contributed by atoms with van der Waals surface area (Å²) in [4.78, 5) is 12.1. The molecule has 0 fully saturated rings. The lowest BCUT2D eigenvalue weighted by molar-refractivity contribution is -0.133. The second-order valence-corrected chi connectivity index (χ2v) is 7.33. The van der Waals surface area contributed by atoms with Gasteiger partial charge in [-0.15, -0.1) is 11.8 Å². The second-order valence-electron chi connectivity index (χ2n) is 5.82. The Kier molecular flexibility index (Phi) is 5.72. The number of hydrogen-bond acceptors (Lipinski definition) is 3. The maximum Gasteiger partial charge on any atom is 0.450 e. The summed E-state index contributed by atoms with van der Waals surface area (Å²) >= 11 is 7.01. The molecule has 1 N–H and O–H groups in total. The van der Waals surface area contributed by atoms with Gasteiger partial charge in [0.25, 0.3) is 5.91 Å². The van der Waals surface area contributed by atoms with E-state index in [0.29, 0.717) is 16.3 Å². The average molecular weight is 414 g/mol. The van der Waals surface area contributed by atoms with E-state index in [4.69, 9.17) is 16.3 Å². The first-order valence-corrected chi connectivity index (χ1v) is 9.37. The van der Waals surface area contributed by atoms with Crippen LogP contribution in [0.2, 0.25) is 5.02 Å². The third-order valence-electron chi connectivity index (χ3n) is 3.90. The van der Waals surface area contributed by atoms with Crippen LogP contribution in [0, 0.1) is 6.92 Å². The number of nitrogens with one attached hydrogen (secondary N) is 1. The molecule has 1 heterocycles. The number of para-hydroxylation sites is 1. The minimum absolute atomic E-state index is 0.0885. The van der Waals surface area contributed by atoms with Gasteiger partial charge in [-0.2, -0.15) is 13.2 Å². The highest BCUT2D eigenvalue weighted by molar-refractivity contribution is 8.04. The molecule has 3 nitrogen and oxygen atoms in total. The van der Waals surface area contributed by atoms with E-state index >= 15 is 0 Å². The van der Waals surface area contributed by atoms with Crippen molar-refractivity contribution in [1.29, 1.82) is 0 Å². The lowest BCUT2D eigenvalue weighted by Crippen LogP contribution is -2.26. The van der Waals surface area contributed by atoms with Crippen LogP contribution in [0.5, 0.6) is 0 Å². The van der Waals surface area contributed by atoms with Gasteiger partial charge in [0, 0.05) is 22.0 Å². The van der Waals surface area contributed by atoms with Gasteiger partial charge >= 0.3 is 6.18 Å². The average Bonchev–Trinajstić information content (AvgIpc) is 2.64. The van der Waals surface area contributed by atoms with Crippen molar-refractivity contribution in [3.63, 3.8) is 0 Å². The van der Waals surface area contributed by atoms with Gasteiger partial charge in [0.2, 0.25) is 5.76 Å². The number of ether oxygens (including phenoxy) is 1. The fourth-order valence-electron chi connectivity index (χ4n) is 2.58. The Morgan fingerprint density at radius 3 is 2.67 bits per heavy atom. The molecule has 1 amide bonds. The standard InChI is InChI=1S/C19H15ClF3NO2S/c1-11-6-7-12(10-14(11)20)13-4-2-3-5-15(13)24-18(25)16-17(19(21,22)23)26-8-9-27-16/h2-7,10H,8-9H2,1H3,(H,24,25). The third-order valence-corrected chi connectivity index (χ3v) is 5.34. The fourth-order valence-corrected chi connectivity index (χ4v) is 3.62. The minimum Gasteiger partial charge on any atom is -0.487 e. The van der Waals surface area contributed by atoms with Crippen LogP contribution in [0.15, 0.2) is 53.1 Å². The van der Waals surface area contributed by atoms with E-state index in [2.05, 4.69) is 5.32 Å². The number of carbonyl (C=O) groups excluding carboxylic acids is 1. The molecule has 0 unspecified atom stereocenters. The number of rotatable bonds is 3. The van der Waals surface area contributed by atoms with E-state index in [1.54, 1.807) is 30.3 Å². The molecule has 2 aromatic carbocycles. The molecule has 0 spiro atoms. The van der Waals surface area contributed by atoms with Crippen LogP contribution in [-0.2, 0) is 9.53 Å². The lowest BCUT2D eigenvalue weighted by atomic mass is 10.0. The smallest absolute Gasteiger partial charge is 0.450 e. The van der Waals surface area contributed by atoms with E-state index in [1.807, 2.05) is 19.1 Å². The summed E-state index contributed by atoms with van der Waals surface area (Å²) in [7, 11) is 0. The van der Waals surface area contributed by atoms with Crippen molar-refractivity contribution in [2.45, 2.75) is 13.1 Å². The highest BCUT2D eigenvalue weighted by Crippen LogP contribution is 2.38. The molecule has 3 rings (SSSR count). The molecule has 142 valence electrons. The molecule has 27 heavy (non-hydrogen) atoms. The van der Waals surface area contributed by atoms with E-state index < -0.39 is 22.7 Å². The van der Waals surface area contributed by atoms with Gasteiger partial charge in [-0.1, -0.05) is 41.9 Å². The van der Waals surface area contributed by atoms with Crippen molar-refractivity contribution in [2.75, 3.05) is 17.7 Å². The van der Waals surface area contributed by atoms with Crippen molar-refractivity contribution in [2.24, 2.45) is 0 Å². The summed E-state index contributed by atoms with van der Waals surface area (Å²) in [5.74, 6) is -1.82. The molecule has 0 radical (unpaired) electrons. The van der Waals surface area contributed by atoms with Crippen LogP contribution < -0.4 is 5.32 Å². The number of thioether (sulfide) groups is 1. The molecule has 1 aliphatic heterocycles. The zero-order valence-corrected chi connectivity index (χ0v) is 15.8. The summed E-state index contributed by atoms with van der Waals surface area (Å²) in [6, 6.07) is 12.3. The summed E-state index contributed by atoms with van der Waals surface area (Å²) in [5.41, 5.74) is 2.70. The largest absolute Gasteiger partial charge is 0.487 e. The number of hydrogen-bond donors (Lipinski definition) is 1. The van der Waals surface area contributed by atoms with Crippen molar-refractivity contribution in [3.05, 3.63) is 63.7 Å². The maximum absolute atomic E-state index is 13.1. The molecular formula is C19H15ClF3NO2S. The number of benzene rings is 2. The zero-order chi connectivity index (χ0) is 19.6. The molecule has 0 atom stereocenters.